The molecule has 0 spiro atoms. The molecule has 3 nitrogen and oxygen atoms in total. The van der Waals surface area contributed by atoms with E-state index in [0.29, 0.717) is 5.92 Å². The molecule has 3 N–H and O–H groups in total. The Morgan fingerprint density at radius 1 is 0.667 bits per heavy atom. The quantitative estimate of drug-likeness (QED) is 0.521. The fourth-order valence-corrected chi connectivity index (χ4v) is 3.18. The van der Waals surface area contributed by atoms with Crippen LogP contribution in [-0.4, -0.2) is 15.3 Å². The van der Waals surface area contributed by atoms with E-state index in [9.17, 15) is 15.3 Å². The van der Waals surface area contributed by atoms with E-state index in [0.717, 1.165) is 17.5 Å². The molecule has 3 aromatic carbocycles. The van der Waals surface area contributed by atoms with Gasteiger partial charge in [-0.15, -0.1) is 0 Å². The molecule has 27 heavy (non-hydrogen) atoms. The van der Waals surface area contributed by atoms with Crippen molar-refractivity contribution in [1.82, 2.24) is 0 Å². The second-order valence-electron chi connectivity index (χ2n) is 6.88. The molecule has 2 unspecified atom stereocenters. The predicted octanol–water partition coefficient (Wildman–Crippen LogP) is 5.79. The predicted molar refractivity (Wildman–Crippen MR) is 109 cm³/mol. The third-order valence-corrected chi connectivity index (χ3v) is 4.80. The van der Waals surface area contributed by atoms with Crippen molar-refractivity contribution in [2.24, 2.45) is 0 Å². The van der Waals surface area contributed by atoms with Gasteiger partial charge < -0.3 is 15.3 Å². The first-order valence-electron chi connectivity index (χ1n) is 9.06. The van der Waals surface area contributed by atoms with Crippen molar-refractivity contribution >= 4 is 6.08 Å². The molecule has 0 aliphatic heterocycles. The van der Waals surface area contributed by atoms with Gasteiger partial charge >= 0.3 is 0 Å². The van der Waals surface area contributed by atoms with Gasteiger partial charge in [0.15, 0.2) is 0 Å². The first-order chi connectivity index (χ1) is 13.0. The summed E-state index contributed by atoms with van der Waals surface area (Å²) in [5, 5.41) is 28.5. The Bertz CT molecular complexity index is 878. The largest absolute Gasteiger partial charge is 0.508 e. The van der Waals surface area contributed by atoms with Crippen LogP contribution in [-0.2, 0) is 0 Å². The smallest absolute Gasteiger partial charge is 0.115 e. The second-order valence-corrected chi connectivity index (χ2v) is 6.88. The summed E-state index contributed by atoms with van der Waals surface area (Å²) in [5.41, 5.74) is 3.33. The van der Waals surface area contributed by atoms with E-state index >= 15 is 0 Å². The first kappa shape index (κ1) is 18.6. The maximum atomic E-state index is 9.59. The van der Waals surface area contributed by atoms with E-state index in [2.05, 4.69) is 19.1 Å². The Balaban J connectivity index is 1.83. The van der Waals surface area contributed by atoms with Crippen LogP contribution in [0.3, 0.4) is 0 Å². The highest BCUT2D eigenvalue weighted by molar-refractivity contribution is 5.52. The van der Waals surface area contributed by atoms with E-state index in [1.165, 1.54) is 5.56 Å². The molecule has 0 fully saturated rings. The molecule has 3 rings (SSSR count). The van der Waals surface area contributed by atoms with Crippen LogP contribution in [0.25, 0.3) is 6.08 Å². The molecule has 0 radical (unpaired) electrons. The summed E-state index contributed by atoms with van der Waals surface area (Å²) in [6.45, 7) is 2.17. The number of rotatable bonds is 6. The summed E-state index contributed by atoms with van der Waals surface area (Å²) in [5.74, 6) is 1.25. The molecular formula is C24H24O3. The second kappa shape index (κ2) is 8.45. The lowest BCUT2D eigenvalue weighted by Gasteiger charge is -2.19. The van der Waals surface area contributed by atoms with Gasteiger partial charge in [0.1, 0.15) is 17.2 Å². The zero-order chi connectivity index (χ0) is 19.2. The molecule has 0 amide bonds. The molecular weight excluding hydrogens is 336 g/mol. The molecule has 138 valence electrons. The Labute approximate surface area is 159 Å². The SMILES string of the molecule is CC(CC(C=Cc1ccc(O)cc1)c1ccc(O)cc1)c1ccc(O)cc1. The number of aromatic hydroxyl groups is 3. The van der Waals surface area contributed by atoms with E-state index in [1.54, 1.807) is 36.4 Å². The summed E-state index contributed by atoms with van der Waals surface area (Å²) >= 11 is 0. The van der Waals surface area contributed by atoms with Crippen LogP contribution in [0.5, 0.6) is 17.2 Å². The van der Waals surface area contributed by atoms with E-state index in [-0.39, 0.29) is 23.2 Å². The van der Waals surface area contributed by atoms with Crippen LogP contribution < -0.4 is 0 Å². The fourth-order valence-electron chi connectivity index (χ4n) is 3.18. The summed E-state index contributed by atoms with van der Waals surface area (Å²) in [6.07, 6.45) is 5.11. The first-order valence-corrected chi connectivity index (χ1v) is 9.06. The number of phenols is 3. The van der Waals surface area contributed by atoms with Gasteiger partial charge in [-0.25, -0.2) is 0 Å². The topological polar surface area (TPSA) is 60.7 Å². The lowest BCUT2D eigenvalue weighted by molar-refractivity contribution is 0.474. The van der Waals surface area contributed by atoms with Crippen molar-refractivity contribution in [2.75, 3.05) is 0 Å². The van der Waals surface area contributed by atoms with Gasteiger partial charge in [0.2, 0.25) is 0 Å². The molecule has 0 saturated heterocycles. The summed E-state index contributed by atoms with van der Waals surface area (Å²) in [6, 6.07) is 21.8. The Kier molecular flexibility index (Phi) is 5.82. The van der Waals surface area contributed by atoms with Crippen molar-refractivity contribution in [3.63, 3.8) is 0 Å². The third-order valence-electron chi connectivity index (χ3n) is 4.80. The van der Waals surface area contributed by atoms with Gasteiger partial charge in [-0.3, -0.25) is 0 Å². The monoisotopic (exact) mass is 360 g/mol. The van der Waals surface area contributed by atoms with Crippen molar-refractivity contribution < 1.29 is 15.3 Å². The van der Waals surface area contributed by atoms with Gasteiger partial charge in [-0.1, -0.05) is 55.5 Å². The lowest BCUT2D eigenvalue weighted by atomic mass is 9.85. The Hall–Kier alpha value is -3.20. The van der Waals surface area contributed by atoms with Crippen LogP contribution >= 0.6 is 0 Å². The van der Waals surface area contributed by atoms with Gasteiger partial charge in [0.25, 0.3) is 0 Å². The van der Waals surface area contributed by atoms with Crippen molar-refractivity contribution in [3.8, 4) is 17.2 Å². The molecule has 0 heterocycles. The van der Waals surface area contributed by atoms with E-state index in [4.69, 9.17) is 0 Å². The summed E-state index contributed by atoms with van der Waals surface area (Å²) < 4.78 is 0. The fraction of sp³-hybridized carbons (Fsp3) is 0.167. The molecule has 2 atom stereocenters. The molecule has 0 aromatic heterocycles. The zero-order valence-electron chi connectivity index (χ0n) is 15.3. The highest BCUT2D eigenvalue weighted by Crippen LogP contribution is 2.32. The number of allylic oxidation sites excluding steroid dienone is 1. The maximum absolute atomic E-state index is 9.59. The molecule has 3 heteroatoms. The summed E-state index contributed by atoms with van der Waals surface area (Å²) in [4.78, 5) is 0. The van der Waals surface area contributed by atoms with E-state index < -0.39 is 0 Å². The van der Waals surface area contributed by atoms with Crippen LogP contribution in [0.1, 0.15) is 41.9 Å². The van der Waals surface area contributed by atoms with Gasteiger partial charge in [-0.05, 0) is 65.4 Å². The van der Waals surface area contributed by atoms with Crippen molar-refractivity contribution in [3.05, 3.63) is 95.6 Å². The van der Waals surface area contributed by atoms with Gasteiger partial charge in [0, 0.05) is 5.92 Å². The molecule has 0 bridgehead atoms. The minimum Gasteiger partial charge on any atom is -0.508 e. The number of phenolic OH excluding ortho intramolecular Hbond substituents is 3. The summed E-state index contributed by atoms with van der Waals surface area (Å²) in [7, 11) is 0. The minimum absolute atomic E-state index is 0.170. The molecule has 0 aliphatic rings. The van der Waals surface area contributed by atoms with Crippen LogP contribution in [0.15, 0.2) is 78.9 Å². The number of hydrogen-bond acceptors (Lipinski definition) is 3. The zero-order valence-corrected chi connectivity index (χ0v) is 15.3. The molecule has 0 saturated carbocycles. The Morgan fingerprint density at radius 3 is 1.63 bits per heavy atom. The van der Waals surface area contributed by atoms with Crippen LogP contribution in [0.2, 0.25) is 0 Å². The Morgan fingerprint density at radius 2 is 1.11 bits per heavy atom. The highest BCUT2D eigenvalue weighted by Gasteiger charge is 2.15. The number of hydrogen-bond donors (Lipinski definition) is 3. The maximum Gasteiger partial charge on any atom is 0.115 e. The standard InChI is InChI=1S/C24H24O3/c1-17(19-6-12-23(26)13-7-19)16-21(20-8-14-24(27)15-9-20)5-2-18-3-10-22(25)11-4-18/h2-15,17,21,25-27H,16H2,1H3. The van der Waals surface area contributed by atoms with E-state index in [1.807, 2.05) is 36.4 Å². The average Bonchev–Trinajstić information content (AvgIpc) is 2.67. The molecule has 3 aromatic rings. The minimum atomic E-state index is 0.170. The lowest BCUT2D eigenvalue weighted by Crippen LogP contribution is -2.02. The van der Waals surface area contributed by atoms with Crippen LogP contribution in [0.4, 0.5) is 0 Å². The highest BCUT2D eigenvalue weighted by atomic mass is 16.3. The average molecular weight is 360 g/mol. The molecule has 0 aliphatic carbocycles. The van der Waals surface area contributed by atoms with Gasteiger partial charge in [-0.2, -0.15) is 0 Å². The third kappa shape index (κ3) is 5.14. The van der Waals surface area contributed by atoms with Crippen molar-refractivity contribution in [2.45, 2.75) is 25.2 Å². The van der Waals surface area contributed by atoms with Crippen molar-refractivity contribution in [1.29, 1.82) is 0 Å². The normalized spacial score (nSPS) is 13.5. The van der Waals surface area contributed by atoms with Gasteiger partial charge in [0.05, 0.1) is 0 Å². The van der Waals surface area contributed by atoms with Crippen LogP contribution in [0, 0.1) is 0 Å². The number of benzene rings is 3.